The van der Waals surface area contributed by atoms with E-state index in [2.05, 4.69) is 38.5 Å². The molecule has 0 amide bonds. The zero-order valence-corrected chi connectivity index (χ0v) is 13.8. The van der Waals surface area contributed by atoms with E-state index in [1.54, 1.807) is 0 Å². The molecule has 0 saturated carbocycles. The van der Waals surface area contributed by atoms with Crippen molar-refractivity contribution in [2.75, 3.05) is 11.8 Å². The van der Waals surface area contributed by atoms with Crippen molar-refractivity contribution in [2.24, 2.45) is 0 Å². The summed E-state index contributed by atoms with van der Waals surface area (Å²) in [5.41, 5.74) is 1.13. The van der Waals surface area contributed by atoms with Crippen LogP contribution in [0.3, 0.4) is 0 Å². The molecule has 0 heterocycles. The zero-order chi connectivity index (χ0) is 12.0. The van der Waals surface area contributed by atoms with E-state index < -0.39 is 0 Å². The molecule has 0 aliphatic rings. The second-order valence-corrected chi connectivity index (χ2v) is 6.44. The van der Waals surface area contributed by atoms with Gasteiger partial charge in [0, 0.05) is 16.2 Å². The van der Waals surface area contributed by atoms with Crippen molar-refractivity contribution >= 4 is 61.7 Å². The molecule has 0 N–H and O–H groups in total. The fourth-order valence-electron chi connectivity index (χ4n) is 1.17. The molecule has 1 aromatic carbocycles. The Morgan fingerprint density at radius 3 is 2.62 bits per heavy atom. The molecule has 0 aliphatic heterocycles. The molecule has 5 heteroatoms. The molecule has 0 aromatic heterocycles. The molecule has 0 fully saturated rings. The van der Waals surface area contributed by atoms with E-state index in [0.717, 1.165) is 10.0 Å². The first kappa shape index (κ1) is 15.0. The summed E-state index contributed by atoms with van der Waals surface area (Å²) in [6.45, 7) is 0.563. The SMILES string of the molecule is ClCC(I)C(CCl)OCc1cccc(Br)c1. The van der Waals surface area contributed by atoms with Gasteiger partial charge in [0.2, 0.25) is 0 Å². The Morgan fingerprint density at radius 2 is 2.06 bits per heavy atom. The van der Waals surface area contributed by atoms with Crippen LogP contribution in [0, 0.1) is 0 Å². The van der Waals surface area contributed by atoms with Gasteiger partial charge in [-0.1, -0.05) is 50.7 Å². The first-order valence-electron chi connectivity index (χ1n) is 4.79. The van der Waals surface area contributed by atoms with Gasteiger partial charge < -0.3 is 4.74 Å². The molecule has 2 atom stereocenters. The van der Waals surface area contributed by atoms with Gasteiger partial charge in [0.05, 0.1) is 16.6 Å². The molecule has 2 unspecified atom stereocenters. The van der Waals surface area contributed by atoms with Crippen molar-refractivity contribution < 1.29 is 4.74 Å². The van der Waals surface area contributed by atoms with Crippen molar-refractivity contribution in [3.63, 3.8) is 0 Å². The van der Waals surface area contributed by atoms with Crippen LogP contribution >= 0.6 is 61.7 Å². The highest BCUT2D eigenvalue weighted by molar-refractivity contribution is 14.1. The Kier molecular flexibility index (Phi) is 7.64. The molecular formula is C11H12BrCl2IO. The van der Waals surface area contributed by atoms with Crippen molar-refractivity contribution in [1.82, 2.24) is 0 Å². The van der Waals surface area contributed by atoms with Crippen LogP contribution in [0.1, 0.15) is 5.56 Å². The van der Waals surface area contributed by atoms with Crippen LogP contribution in [0.2, 0.25) is 0 Å². The lowest BCUT2D eigenvalue weighted by Crippen LogP contribution is -2.27. The Bertz CT molecular complexity index is 325. The first-order chi connectivity index (χ1) is 7.67. The van der Waals surface area contributed by atoms with Crippen LogP contribution in [-0.4, -0.2) is 21.8 Å². The third-order valence-electron chi connectivity index (χ3n) is 2.06. The predicted octanol–water partition coefficient (Wildman–Crippen LogP) is 4.62. The van der Waals surface area contributed by atoms with Crippen molar-refractivity contribution in [1.29, 1.82) is 0 Å². The van der Waals surface area contributed by atoms with E-state index in [1.807, 2.05) is 24.3 Å². The van der Waals surface area contributed by atoms with Gasteiger partial charge in [0.25, 0.3) is 0 Å². The van der Waals surface area contributed by atoms with E-state index in [1.165, 1.54) is 0 Å². The Labute approximate surface area is 128 Å². The fourth-order valence-corrected chi connectivity index (χ4v) is 2.89. The van der Waals surface area contributed by atoms with Gasteiger partial charge >= 0.3 is 0 Å². The van der Waals surface area contributed by atoms with E-state index in [0.29, 0.717) is 18.4 Å². The lowest BCUT2D eigenvalue weighted by atomic mass is 10.2. The van der Waals surface area contributed by atoms with Gasteiger partial charge in [0.15, 0.2) is 0 Å². The van der Waals surface area contributed by atoms with Crippen LogP contribution in [0.15, 0.2) is 28.7 Å². The monoisotopic (exact) mass is 436 g/mol. The molecule has 90 valence electrons. The van der Waals surface area contributed by atoms with Gasteiger partial charge in [-0.15, -0.1) is 23.2 Å². The molecule has 0 aliphatic carbocycles. The summed E-state index contributed by atoms with van der Waals surface area (Å²) in [5.74, 6) is 1.02. The minimum absolute atomic E-state index is 0.00116. The standard InChI is InChI=1S/C11H12BrCl2IO/c12-9-3-1-2-8(4-9)7-16-11(6-14)10(15)5-13/h1-4,10-11H,5-7H2. The summed E-state index contributed by atoms with van der Waals surface area (Å²) in [6, 6.07) is 8.04. The third-order valence-corrected chi connectivity index (χ3v) is 4.95. The summed E-state index contributed by atoms with van der Waals surface area (Å²) in [5, 5.41) is 0. The molecule has 1 aromatic rings. The van der Waals surface area contributed by atoms with Crippen molar-refractivity contribution in [3.05, 3.63) is 34.3 Å². The summed E-state index contributed by atoms with van der Waals surface area (Å²) < 4.78 is 7.04. The maximum atomic E-state index is 5.84. The number of halogens is 4. The Morgan fingerprint density at radius 1 is 1.31 bits per heavy atom. The van der Waals surface area contributed by atoms with Gasteiger partial charge in [-0.2, -0.15) is 0 Å². The summed E-state index contributed by atoms with van der Waals surface area (Å²) >= 11 is 17.3. The van der Waals surface area contributed by atoms with Gasteiger partial charge in [-0.25, -0.2) is 0 Å². The summed E-state index contributed by atoms with van der Waals surface area (Å²) in [6.07, 6.45) is -0.00116. The molecular weight excluding hydrogens is 426 g/mol. The van der Waals surface area contributed by atoms with Gasteiger partial charge in [-0.3, -0.25) is 0 Å². The van der Waals surface area contributed by atoms with Gasteiger partial charge in [-0.05, 0) is 17.7 Å². The normalized spacial score (nSPS) is 14.8. The Balaban J connectivity index is 2.49. The lowest BCUT2D eigenvalue weighted by Gasteiger charge is -2.19. The van der Waals surface area contributed by atoms with Crippen molar-refractivity contribution in [2.45, 2.75) is 16.6 Å². The number of benzene rings is 1. The molecule has 0 saturated heterocycles. The van der Waals surface area contributed by atoms with Crippen LogP contribution < -0.4 is 0 Å². The number of hydrogen-bond acceptors (Lipinski definition) is 1. The highest BCUT2D eigenvalue weighted by Gasteiger charge is 2.17. The average molecular weight is 438 g/mol. The fraction of sp³-hybridized carbons (Fsp3) is 0.455. The predicted molar refractivity (Wildman–Crippen MR) is 82.0 cm³/mol. The molecule has 0 bridgehead atoms. The summed E-state index contributed by atoms with van der Waals surface area (Å²) in [7, 11) is 0. The van der Waals surface area contributed by atoms with Crippen LogP contribution in [0.25, 0.3) is 0 Å². The van der Waals surface area contributed by atoms with E-state index in [9.17, 15) is 0 Å². The number of rotatable bonds is 6. The second-order valence-electron chi connectivity index (χ2n) is 3.30. The van der Waals surface area contributed by atoms with Crippen LogP contribution in [0.5, 0.6) is 0 Å². The topological polar surface area (TPSA) is 9.23 Å². The second kappa shape index (κ2) is 8.14. The molecule has 1 rings (SSSR count). The molecule has 1 nitrogen and oxygen atoms in total. The van der Waals surface area contributed by atoms with Crippen LogP contribution in [-0.2, 0) is 11.3 Å². The largest absolute Gasteiger partial charge is 0.371 e. The number of alkyl halides is 3. The first-order valence-corrected chi connectivity index (χ1v) is 7.90. The zero-order valence-electron chi connectivity index (χ0n) is 8.51. The highest BCUT2D eigenvalue weighted by atomic mass is 127. The van der Waals surface area contributed by atoms with Gasteiger partial charge in [0.1, 0.15) is 0 Å². The van der Waals surface area contributed by atoms with Crippen molar-refractivity contribution in [3.8, 4) is 0 Å². The minimum Gasteiger partial charge on any atom is -0.371 e. The maximum Gasteiger partial charge on any atom is 0.0843 e. The van der Waals surface area contributed by atoms with E-state index in [4.69, 9.17) is 27.9 Å². The lowest BCUT2D eigenvalue weighted by molar-refractivity contribution is 0.0599. The summed E-state index contributed by atoms with van der Waals surface area (Å²) in [4.78, 5) is 0. The minimum atomic E-state index is -0.00116. The maximum absolute atomic E-state index is 5.84. The smallest absolute Gasteiger partial charge is 0.0843 e. The highest BCUT2D eigenvalue weighted by Crippen LogP contribution is 2.17. The molecule has 0 spiro atoms. The quantitative estimate of drug-likeness (QED) is 0.466. The van der Waals surface area contributed by atoms with E-state index >= 15 is 0 Å². The third kappa shape index (κ3) is 5.08. The number of hydrogen-bond donors (Lipinski definition) is 0. The van der Waals surface area contributed by atoms with Crippen LogP contribution in [0.4, 0.5) is 0 Å². The van der Waals surface area contributed by atoms with E-state index in [-0.39, 0.29) is 10.0 Å². The molecule has 16 heavy (non-hydrogen) atoms. The number of ether oxygens (including phenoxy) is 1. The average Bonchev–Trinajstić information content (AvgIpc) is 2.29. The Hall–Kier alpha value is 0.970. The molecule has 0 radical (unpaired) electrons.